The maximum atomic E-state index is 12.8. The van der Waals surface area contributed by atoms with Crippen molar-refractivity contribution in [2.45, 2.75) is 37.6 Å². The molecular formula is C25H28N2O6. The van der Waals surface area contributed by atoms with Crippen LogP contribution in [0.1, 0.15) is 43.2 Å². The molecule has 0 aliphatic heterocycles. The summed E-state index contributed by atoms with van der Waals surface area (Å²) in [5.41, 5.74) is 3.76. The highest BCUT2D eigenvalue weighted by molar-refractivity contribution is 5.80. The van der Waals surface area contributed by atoms with Crippen LogP contribution in [0.5, 0.6) is 0 Å². The quantitative estimate of drug-likeness (QED) is 0.564. The highest BCUT2D eigenvalue weighted by Crippen LogP contribution is 2.45. The van der Waals surface area contributed by atoms with Gasteiger partial charge in [0.25, 0.3) is 0 Å². The number of carbonyl (C=O) groups is 3. The lowest BCUT2D eigenvalue weighted by atomic mass is 9.91. The van der Waals surface area contributed by atoms with E-state index in [-0.39, 0.29) is 24.9 Å². The molecule has 1 atom stereocenters. The molecule has 0 heterocycles. The van der Waals surface area contributed by atoms with Gasteiger partial charge < -0.3 is 15.2 Å². The van der Waals surface area contributed by atoms with Gasteiger partial charge >= 0.3 is 12.1 Å². The smallest absolute Gasteiger partial charge is 0.407 e. The molecule has 2 aliphatic carbocycles. The summed E-state index contributed by atoms with van der Waals surface area (Å²) in [4.78, 5) is 40.9. The molecule has 33 heavy (non-hydrogen) atoms. The molecule has 2 aromatic carbocycles. The molecule has 1 unspecified atom stereocenters. The molecule has 1 saturated carbocycles. The zero-order valence-electron chi connectivity index (χ0n) is 18.7. The average Bonchev–Trinajstić information content (AvgIpc) is 3.60. The fraction of sp³-hybridized carbons (Fsp3) is 0.400. The lowest BCUT2D eigenvalue weighted by Crippen LogP contribution is -2.51. The monoisotopic (exact) mass is 452 g/mol. The molecule has 174 valence electrons. The van der Waals surface area contributed by atoms with Gasteiger partial charge in [-0.15, -0.1) is 0 Å². The molecule has 0 spiro atoms. The Balaban J connectivity index is 1.39. The number of fused-ring (bicyclic) bond motifs is 3. The number of carboxylic acid groups (broad SMARTS) is 1. The van der Waals surface area contributed by atoms with Crippen LogP contribution in [0.25, 0.3) is 11.1 Å². The molecule has 0 aromatic heterocycles. The van der Waals surface area contributed by atoms with Gasteiger partial charge in [0.2, 0.25) is 5.91 Å². The van der Waals surface area contributed by atoms with E-state index >= 15 is 0 Å². The number of aliphatic carboxylic acids is 1. The number of carbonyl (C=O) groups excluding carboxylic acids is 2. The molecule has 8 heteroatoms. The minimum Gasteiger partial charge on any atom is -0.479 e. The van der Waals surface area contributed by atoms with Gasteiger partial charge in [0.15, 0.2) is 6.61 Å². The van der Waals surface area contributed by atoms with E-state index in [1.54, 1.807) is 0 Å². The minimum absolute atomic E-state index is 0.0159. The first-order valence-electron chi connectivity index (χ1n) is 11.0. The van der Waals surface area contributed by atoms with Gasteiger partial charge in [0.05, 0.1) is 12.0 Å². The van der Waals surface area contributed by atoms with E-state index in [1.807, 2.05) is 31.2 Å². The van der Waals surface area contributed by atoms with Crippen molar-refractivity contribution in [2.75, 3.05) is 20.3 Å². The Morgan fingerprint density at radius 2 is 1.64 bits per heavy atom. The zero-order chi connectivity index (χ0) is 23.6. The van der Waals surface area contributed by atoms with E-state index in [1.165, 1.54) is 7.05 Å². The number of carboxylic acids is 1. The molecule has 0 saturated heterocycles. The van der Waals surface area contributed by atoms with E-state index in [9.17, 15) is 14.4 Å². The Morgan fingerprint density at radius 1 is 1.06 bits per heavy atom. The minimum atomic E-state index is -1.17. The van der Waals surface area contributed by atoms with Crippen LogP contribution in [0, 0.1) is 5.92 Å². The van der Waals surface area contributed by atoms with Crippen LogP contribution in [-0.2, 0) is 19.2 Å². The van der Waals surface area contributed by atoms with E-state index < -0.39 is 30.1 Å². The molecule has 2 N–H and O–H groups in total. The third-order valence-electron chi connectivity index (χ3n) is 6.46. The standard InChI is InChI=1S/C25H28N2O6/c1-25(16-11-12-16,13-22(28)27(2)33-15-23(29)30)26-24(31)32-14-21-19-9-5-3-7-17(19)18-8-4-6-10-20(18)21/h3-10,16,21H,11-15H2,1-2H3,(H,26,31)(H,29,30). The normalized spacial score (nSPS) is 16.3. The number of nitrogens with zero attached hydrogens (tertiary/aromatic N) is 1. The number of nitrogens with one attached hydrogen (secondary N) is 1. The Kier molecular flexibility index (Phi) is 6.37. The average molecular weight is 453 g/mol. The molecule has 4 rings (SSSR count). The number of amides is 2. The maximum Gasteiger partial charge on any atom is 0.407 e. The molecule has 1 fully saturated rings. The SMILES string of the molecule is CN(OCC(=O)O)C(=O)CC(C)(NC(=O)OCC1c2ccccc2-c2ccccc21)C1CC1. The van der Waals surface area contributed by atoms with Crippen molar-refractivity contribution in [2.24, 2.45) is 5.92 Å². The molecular weight excluding hydrogens is 424 g/mol. The summed E-state index contributed by atoms with van der Waals surface area (Å²) < 4.78 is 5.65. The van der Waals surface area contributed by atoms with Crippen molar-refractivity contribution in [1.82, 2.24) is 10.4 Å². The van der Waals surface area contributed by atoms with Crippen LogP contribution in [-0.4, -0.2) is 53.9 Å². The number of benzene rings is 2. The van der Waals surface area contributed by atoms with Gasteiger partial charge in [0.1, 0.15) is 6.61 Å². The third kappa shape index (κ3) is 5.01. The summed E-state index contributed by atoms with van der Waals surface area (Å²) in [6.07, 6.45) is 1.20. The second kappa shape index (κ2) is 9.23. The number of hydroxylamine groups is 2. The summed E-state index contributed by atoms with van der Waals surface area (Å²) >= 11 is 0. The third-order valence-corrected chi connectivity index (χ3v) is 6.46. The first kappa shape index (κ1) is 22.8. The molecule has 0 radical (unpaired) electrons. The number of alkyl carbamates (subject to hydrolysis) is 1. The van der Waals surface area contributed by atoms with Crippen molar-refractivity contribution in [1.29, 1.82) is 0 Å². The largest absolute Gasteiger partial charge is 0.479 e. The summed E-state index contributed by atoms with van der Waals surface area (Å²) in [5, 5.41) is 12.5. The second-order valence-electron chi connectivity index (χ2n) is 8.88. The molecule has 2 aliphatic rings. The summed E-state index contributed by atoms with van der Waals surface area (Å²) in [7, 11) is 1.37. The van der Waals surface area contributed by atoms with Crippen LogP contribution in [0.2, 0.25) is 0 Å². The van der Waals surface area contributed by atoms with Crippen molar-refractivity contribution in [3.63, 3.8) is 0 Å². The topological polar surface area (TPSA) is 105 Å². The van der Waals surface area contributed by atoms with Gasteiger partial charge in [-0.05, 0) is 47.9 Å². The van der Waals surface area contributed by atoms with Crippen molar-refractivity contribution < 1.29 is 29.1 Å². The van der Waals surface area contributed by atoms with Crippen molar-refractivity contribution in [3.05, 3.63) is 59.7 Å². The molecule has 2 aromatic rings. The summed E-state index contributed by atoms with van der Waals surface area (Å²) in [6.45, 7) is 1.40. The van der Waals surface area contributed by atoms with Gasteiger partial charge in [-0.1, -0.05) is 48.5 Å². The van der Waals surface area contributed by atoms with Crippen LogP contribution >= 0.6 is 0 Å². The maximum absolute atomic E-state index is 12.8. The number of rotatable bonds is 9. The fourth-order valence-electron chi connectivity index (χ4n) is 4.53. The van der Waals surface area contributed by atoms with E-state index in [0.717, 1.165) is 40.2 Å². The summed E-state index contributed by atoms with van der Waals surface area (Å²) in [5.74, 6) is -1.48. The van der Waals surface area contributed by atoms with Crippen molar-refractivity contribution >= 4 is 18.0 Å². The highest BCUT2D eigenvalue weighted by Gasteiger charge is 2.45. The number of ether oxygens (including phenoxy) is 1. The Labute approximate surface area is 192 Å². The van der Waals surface area contributed by atoms with Crippen LogP contribution in [0.4, 0.5) is 4.79 Å². The van der Waals surface area contributed by atoms with E-state index in [4.69, 9.17) is 14.7 Å². The highest BCUT2D eigenvalue weighted by atomic mass is 16.7. The van der Waals surface area contributed by atoms with Gasteiger partial charge in [0, 0.05) is 13.0 Å². The number of hydrogen-bond acceptors (Lipinski definition) is 5. The second-order valence-corrected chi connectivity index (χ2v) is 8.88. The Bertz CT molecular complexity index is 1020. The van der Waals surface area contributed by atoms with Gasteiger partial charge in [-0.2, -0.15) is 0 Å². The molecule has 0 bridgehead atoms. The van der Waals surface area contributed by atoms with Crippen LogP contribution in [0.15, 0.2) is 48.5 Å². The van der Waals surface area contributed by atoms with Crippen molar-refractivity contribution in [3.8, 4) is 11.1 Å². The molecule has 8 nitrogen and oxygen atoms in total. The lowest BCUT2D eigenvalue weighted by molar-refractivity contribution is -0.186. The fourth-order valence-corrected chi connectivity index (χ4v) is 4.53. The predicted octanol–water partition coefficient (Wildman–Crippen LogP) is 3.56. The lowest BCUT2D eigenvalue weighted by Gasteiger charge is -2.31. The Hall–Kier alpha value is -3.39. The van der Waals surface area contributed by atoms with Crippen LogP contribution < -0.4 is 5.32 Å². The van der Waals surface area contributed by atoms with E-state index in [2.05, 4.69) is 29.6 Å². The first-order chi connectivity index (χ1) is 15.8. The van der Waals surface area contributed by atoms with Gasteiger partial charge in [-0.3, -0.25) is 9.63 Å². The number of hydrogen-bond donors (Lipinski definition) is 2. The van der Waals surface area contributed by atoms with E-state index in [0.29, 0.717) is 0 Å². The van der Waals surface area contributed by atoms with Gasteiger partial charge in [-0.25, -0.2) is 14.7 Å². The first-order valence-corrected chi connectivity index (χ1v) is 11.0. The predicted molar refractivity (Wildman–Crippen MR) is 120 cm³/mol. The molecule has 2 amide bonds. The Morgan fingerprint density at radius 3 is 2.18 bits per heavy atom. The summed E-state index contributed by atoms with van der Waals surface area (Å²) in [6, 6.07) is 16.2. The zero-order valence-corrected chi connectivity index (χ0v) is 18.7. The van der Waals surface area contributed by atoms with Crippen LogP contribution in [0.3, 0.4) is 0 Å².